The van der Waals surface area contributed by atoms with Crippen molar-refractivity contribution >= 4 is 37.6 Å². The average Bonchev–Trinajstić information content (AvgIpc) is 2.77. The Bertz CT molecular complexity index is 661. The number of aliphatic hydroxyl groups is 1. The van der Waals surface area contributed by atoms with Gasteiger partial charge in [0.05, 0.1) is 16.2 Å². The lowest BCUT2D eigenvalue weighted by Gasteiger charge is -2.20. The fourth-order valence-electron chi connectivity index (χ4n) is 2.36. The number of Topliss-reactive ketones (excluding diaryl/α,β-unsaturated/α-hetero) is 1. The summed E-state index contributed by atoms with van der Waals surface area (Å²) >= 11 is 1.08. The molecule has 20 heavy (non-hydrogen) atoms. The Hall–Kier alpha value is -1.12. The van der Waals surface area contributed by atoms with Crippen molar-refractivity contribution in [3.63, 3.8) is 0 Å². The minimum absolute atomic E-state index is 0.00500. The van der Waals surface area contributed by atoms with Crippen molar-refractivity contribution in [3.05, 3.63) is 4.88 Å². The highest BCUT2D eigenvalue weighted by molar-refractivity contribution is 7.91. The Morgan fingerprint density at radius 3 is 2.50 bits per heavy atom. The molecule has 1 aromatic rings. The van der Waals surface area contributed by atoms with Gasteiger partial charge in [-0.1, -0.05) is 0 Å². The second-order valence-electron chi connectivity index (χ2n) is 5.48. The van der Waals surface area contributed by atoms with Gasteiger partial charge in [-0.15, -0.1) is 11.3 Å². The Kier molecular flexibility index (Phi) is 3.60. The number of β-amino-alcohol motifs (C(OH)–C–C–N with tert-alkyl or cyclic N) is 1. The predicted octanol–water partition coefficient (Wildman–Crippen LogP) is 0.897. The van der Waals surface area contributed by atoms with E-state index in [-0.39, 0.29) is 21.2 Å². The molecule has 1 aliphatic heterocycles. The van der Waals surface area contributed by atoms with Crippen LogP contribution >= 0.6 is 11.3 Å². The van der Waals surface area contributed by atoms with E-state index in [1.54, 1.807) is 11.8 Å². The molecule has 0 amide bonds. The first-order valence-corrected chi connectivity index (χ1v) is 8.84. The summed E-state index contributed by atoms with van der Waals surface area (Å²) in [5.74, 6) is -0.255. The monoisotopic (exact) mass is 318 g/mol. The normalized spacial score (nSPS) is 23.3. The molecule has 2 rings (SSSR count). The van der Waals surface area contributed by atoms with Gasteiger partial charge in [-0.2, -0.15) is 0 Å². The van der Waals surface area contributed by atoms with Crippen LogP contribution in [0.25, 0.3) is 0 Å². The van der Waals surface area contributed by atoms with E-state index in [9.17, 15) is 18.3 Å². The van der Waals surface area contributed by atoms with Gasteiger partial charge in [0.15, 0.2) is 15.6 Å². The van der Waals surface area contributed by atoms with Gasteiger partial charge in [0.25, 0.3) is 0 Å². The molecule has 1 fully saturated rings. The quantitative estimate of drug-likeness (QED) is 0.803. The highest BCUT2D eigenvalue weighted by atomic mass is 32.2. The molecule has 1 unspecified atom stereocenters. The van der Waals surface area contributed by atoms with Crippen LogP contribution in [0.1, 0.15) is 29.9 Å². The number of rotatable bonds is 3. The lowest BCUT2D eigenvalue weighted by molar-refractivity contribution is 0.0839. The second kappa shape index (κ2) is 4.71. The molecule has 112 valence electrons. The number of thiophene rings is 1. The second-order valence-corrected chi connectivity index (χ2v) is 8.43. The van der Waals surface area contributed by atoms with Gasteiger partial charge in [0, 0.05) is 26.3 Å². The summed E-state index contributed by atoms with van der Waals surface area (Å²) in [4.78, 5) is 13.6. The van der Waals surface area contributed by atoms with Gasteiger partial charge in [-0.05, 0) is 13.3 Å². The lowest BCUT2D eigenvalue weighted by Crippen LogP contribution is -2.29. The molecule has 1 saturated heterocycles. The number of hydrogen-bond donors (Lipinski definition) is 2. The smallest absolute Gasteiger partial charge is 0.180 e. The first-order chi connectivity index (χ1) is 9.03. The molecule has 1 atom stereocenters. The van der Waals surface area contributed by atoms with E-state index in [4.69, 9.17) is 5.73 Å². The summed E-state index contributed by atoms with van der Waals surface area (Å²) in [6, 6.07) is 0. The number of carbonyl (C=O) groups excluding carboxylic acids is 1. The summed E-state index contributed by atoms with van der Waals surface area (Å²) < 4.78 is 23.9. The Balaban J connectivity index is 2.59. The van der Waals surface area contributed by atoms with Crippen molar-refractivity contribution < 1.29 is 18.3 Å². The number of nitrogens with two attached hydrogens (primary N) is 1. The van der Waals surface area contributed by atoms with Crippen molar-refractivity contribution in [2.45, 2.75) is 30.8 Å². The van der Waals surface area contributed by atoms with Crippen molar-refractivity contribution in [2.24, 2.45) is 0 Å². The Morgan fingerprint density at radius 1 is 1.50 bits per heavy atom. The molecular formula is C12H18N2O4S2. The highest BCUT2D eigenvalue weighted by Crippen LogP contribution is 2.43. The number of nitrogen functional groups attached to an aromatic ring is 1. The van der Waals surface area contributed by atoms with Gasteiger partial charge in [0.1, 0.15) is 9.90 Å². The minimum Gasteiger partial charge on any atom is -0.396 e. The van der Waals surface area contributed by atoms with E-state index < -0.39 is 15.4 Å². The summed E-state index contributed by atoms with van der Waals surface area (Å²) in [6.45, 7) is 3.92. The zero-order valence-corrected chi connectivity index (χ0v) is 13.3. The third-order valence-electron chi connectivity index (χ3n) is 3.31. The Morgan fingerprint density at radius 2 is 2.10 bits per heavy atom. The van der Waals surface area contributed by atoms with E-state index in [2.05, 4.69) is 0 Å². The summed E-state index contributed by atoms with van der Waals surface area (Å²) in [6.07, 6.45) is 1.62. The van der Waals surface area contributed by atoms with Gasteiger partial charge < -0.3 is 15.7 Å². The number of anilines is 2. The van der Waals surface area contributed by atoms with Crippen LogP contribution in [0.5, 0.6) is 0 Å². The first kappa shape index (κ1) is 15.3. The van der Waals surface area contributed by atoms with E-state index in [1.807, 2.05) is 0 Å². The summed E-state index contributed by atoms with van der Waals surface area (Å²) in [5, 5.41) is 10.5. The molecule has 0 bridgehead atoms. The van der Waals surface area contributed by atoms with Crippen LogP contribution in [0.4, 0.5) is 10.7 Å². The molecular weight excluding hydrogens is 300 g/mol. The molecule has 1 aliphatic rings. The average molecular weight is 318 g/mol. The SMILES string of the molecule is CC(=O)c1sc(N2CCC(C)(O)C2)c(S(C)(=O)=O)c1N. The zero-order valence-electron chi connectivity index (χ0n) is 11.6. The topological polar surface area (TPSA) is 101 Å². The van der Waals surface area contributed by atoms with Gasteiger partial charge >= 0.3 is 0 Å². The number of sulfone groups is 1. The third kappa shape index (κ3) is 2.68. The van der Waals surface area contributed by atoms with E-state index in [0.29, 0.717) is 24.5 Å². The van der Waals surface area contributed by atoms with E-state index >= 15 is 0 Å². The number of nitrogens with zero attached hydrogens (tertiary/aromatic N) is 1. The number of ketones is 1. The highest BCUT2D eigenvalue weighted by Gasteiger charge is 2.36. The summed E-state index contributed by atoms with van der Waals surface area (Å²) in [7, 11) is -3.54. The van der Waals surface area contributed by atoms with Crippen LogP contribution in [0, 0.1) is 0 Å². The molecule has 3 N–H and O–H groups in total. The van der Waals surface area contributed by atoms with Gasteiger partial charge in [-0.25, -0.2) is 8.42 Å². The molecule has 1 aromatic heterocycles. The molecule has 0 spiro atoms. The molecule has 8 heteroatoms. The molecule has 6 nitrogen and oxygen atoms in total. The fraction of sp³-hybridized carbons (Fsp3) is 0.583. The fourth-order valence-corrected chi connectivity index (χ4v) is 4.99. The van der Waals surface area contributed by atoms with Gasteiger partial charge in [-0.3, -0.25) is 4.79 Å². The number of carbonyl (C=O) groups is 1. The third-order valence-corrected chi connectivity index (χ3v) is 5.96. The maximum atomic E-state index is 12.0. The van der Waals surface area contributed by atoms with Crippen molar-refractivity contribution in [1.29, 1.82) is 0 Å². The zero-order chi connectivity index (χ0) is 15.3. The molecule has 2 heterocycles. The van der Waals surface area contributed by atoms with Crippen LogP contribution < -0.4 is 10.6 Å². The van der Waals surface area contributed by atoms with Crippen LogP contribution in [-0.4, -0.2) is 44.3 Å². The van der Waals surface area contributed by atoms with E-state index in [1.165, 1.54) is 6.92 Å². The Labute approximate surface area is 122 Å². The van der Waals surface area contributed by atoms with Crippen LogP contribution in [0.15, 0.2) is 4.90 Å². The standard InChI is InChI=1S/C12H18N2O4S2/c1-7(15)9-8(13)10(20(3,17)18)11(19-9)14-5-4-12(2,16)6-14/h16H,4-6,13H2,1-3H3. The molecule has 0 saturated carbocycles. The van der Waals surface area contributed by atoms with Crippen molar-refractivity contribution in [2.75, 3.05) is 30.0 Å². The van der Waals surface area contributed by atoms with Crippen LogP contribution in [0.3, 0.4) is 0 Å². The van der Waals surface area contributed by atoms with Crippen LogP contribution in [-0.2, 0) is 9.84 Å². The predicted molar refractivity (Wildman–Crippen MR) is 79.3 cm³/mol. The van der Waals surface area contributed by atoms with Gasteiger partial charge in [0.2, 0.25) is 0 Å². The molecule has 0 aromatic carbocycles. The minimum atomic E-state index is -3.54. The summed E-state index contributed by atoms with van der Waals surface area (Å²) in [5.41, 5.74) is 5.01. The molecule has 0 aliphatic carbocycles. The maximum absolute atomic E-state index is 12.0. The molecule has 0 radical (unpaired) electrons. The van der Waals surface area contributed by atoms with Crippen LogP contribution in [0.2, 0.25) is 0 Å². The largest absolute Gasteiger partial charge is 0.396 e. The number of hydrogen-bond acceptors (Lipinski definition) is 7. The van der Waals surface area contributed by atoms with Crippen molar-refractivity contribution in [1.82, 2.24) is 0 Å². The first-order valence-electron chi connectivity index (χ1n) is 6.13. The lowest BCUT2D eigenvalue weighted by atomic mass is 10.1. The van der Waals surface area contributed by atoms with E-state index in [0.717, 1.165) is 17.6 Å². The van der Waals surface area contributed by atoms with Crippen molar-refractivity contribution in [3.8, 4) is 0 Å². The maximum Gasteiger partial charge on any atom is 0.180 e.